The van der Waals surface area contributed by atoms with Gasteiger partial charge in [-0.05, 0) is 42.5 Å². The zero-order valence-corrected chi connectivity index (χ0v) is 15.0. The van der Waals surface area contributed by atoms with E-state index in [2.05, 4.69) is 10.4 Å². The Bertz CT molecular complexity index is 943. The first-order valence-electron chi connectivity index (χ1n) is 8.10. The third-order valence-corrected chi connectivity index (χ3v) is 5.02. The summed E-state index contributed by atoms with van der Waals surface area (Å²) in [6.07, 6.45) is 4.66. The fourth-order valence-electron chi connectivity index (χ4n) is 2.75. The molecule has 1 aromatic carbocycles. The summed E-state index contributed by atoms with van der Waals surface area (Å²) in [5.41, 5.74) is 2.96. The number of carbonyl (C=O) groups excluding carboxylic acids is 1. The average molecular weight is 367 g/mol. The van der Waals surface area contributed by atoms with Crippen LogP contribution >= 0.6 is 11.8 Å². The molecule has 1 N–H and O–H groups in total. The van der Waals surface area contributed by atoms with E-state index in [-0.39, 0.29) is 5.91 Å². The maximum atomic E-state index is 12.4. The number of anilines is 1. The number of methoxy groups -OCH3 is 1. The zero-order chi connectivity index (χ0) is 17.9. The summed E-state index contributed by atoms with van der Waals surface area (Å²) in [7, 11) is 1.63. The molecule has 0 atom stereocenters. The first-order chi connectivity index (χ1) is 12.7. The second-order valence-corrected chi connectivity index (χ2v) is 6.70. The molecule has 1 amide bonds. The molecule has 1 aliphatic rings. The quantitative estimate of drug-likeness (QED) is 0.693. The SMILES string of the molecule is COc1ccc(-n2nc3c(c2NC(=O)/C=C/c2ccco2)CSC3)cc1. The van der Waals surface area contributed by atoms with Crippen molar-refractivity contribution < 1.29 is 13.9 Å². The number of thioether (sulfide) groups is 1. The van der Waals surface area contributed by atoms with Crippen LogP contribution in [-0.2, 0) is 16.3 Å². The molecular weight excluding hydrogens is 350 g/mol. The number of amides is 1. The van der Waals surface area contributed by atoms with Crippen LogP contribution in [0.3, 0.4) is 0 Å². The van der Waals surface area contributed by atoms with Crippen LogP contribution in [0, 0.1) is 0 Å². The lowest BCUT2D eigenvalue weighted by Crippen LogP contribution is -2.13. The van der Waals surface area contributed by atoms with Gasteiger partial charge < -0.3 is 14.5 Å². The van der Waals surface area contributed by atoms with E-state index < -0.39 is 0 Å². The lowest BCUT2D eigenvalue weighted by molar-refractivity contribution is -0.111. The van der Waals surface area contributed by atoms with Crippen LogP contribution in [0.5, 0.6) is 5.75 Å². The molecule has 0 spiro atoms. The Kier molecular flexibility index (Phi) is 4.53. The first kappa shape index (κ1) is 16.5. The van der Waals surface area contributed by atoms with Crippen molar-refractivity contribution in [3.05, 3.63) is 65.8 Å². The highest BCUT2D eigenvalue weighted by Gasteiger charge is 2.24. The minimum Gasteiger partial charge on any atom is -0.497 e. The number of hydrogen-bond donors (Lipinski definition) is 1. The Labute approximate surface area is 154 Å². The van der Waals surface area contributed by atoms with Crippen LogP contribution in [0.1, 0.15) is 17.0 Å². The lowest BCUT2D eigenvalue weighted by atomic mass is 10.2. The molecular formula is C19H17N3O3S. The summed E-state index contributed by atoms with van der Waals surface area (Å²) in [5.74, 6) is 3.58. The molecule has 0 unspecified atom stereocenters. The number of nitrogens with zero attached hydrogens (tertiary/aromatic N) is 2. The van der Waals surface area contributed by atoms with Crippen LogP contribution in [0.25, 0.3) is 11.8 Å². The number of fused-ring (bicyclic) bond motifs is 1. The lowest BCUT2D eigenvalue weighted by Gasteiger charge is -2.10. The standard InChI is InChI=1S/C19H17N3O3S/c1-24-14-6-4-13(5-7-14)22-19(16-11-26-12-17(16)21-22)20-18(23)9-8-15-3-2-10-25-15/h2-10H,11-12H2,1H3,(H,20,23)/b9-8+. The molecule has 132 valence electrons. The second-order valence-electron chi connectivity index (χ2n) is 5.71. The van der Waals surface area contributed by atoms with Gasteiger partial charge in [-0.3, -0.25) is 4.79 Å². The van der Waals surface area contributed by atoms with Gasteiger partial charge in [-0.15, -0.1) is 0 Å². The molecule has 7 heteroatoms. The summed E-state index contributed by atoms with van der Waals surface area (Å²) >= 11 is 1.79. The van der Waals surface area contributed by atoms with Crippen molar-refractivity contribution in [1.29, 1.82) is 0 Å². The zero-order valence-electron chi connectivity index (χ0n) is 14.1. The maximum Gasteiger partial charge on any atom is 0.249 e. The van der Waals surface area contributed by atoms with Crippen LogP contribution < -0.4 is 10.1 Å². The Hall–Kier alpha value is -2.93. The van der Waals surface area contributed by atoms with Crippen molar-refractivity contribution in [3.63, 3.8) is 0 Å². The van der Waals surface area contributed by atoms with Gasteiger partial charge in [-0.1, -0.05) is 0 Å². The van der Waals surface area contributed by atoms with Crippen LogP contribution in [0.2, 0.25) is 0 Å². The summed E-state index contributed by atoms with van der Waals surface area (Å²) in [6.45, 7) is 0. The summed E-state index contributed by atoms with van der Waals surface area (Å²) in [4.78, 5) is 12.4. The number of aromatic nitrogens is 2. The predicted octanol–water partition coefficient (Wildman–Crippen LogP) is 3.87. The van der Waals surface area contributed by atoms with Gasteiger partial charge >= 0.3 is 0 Å². The number of rotatable bonds is 5. The molecule has 6 nitrogen and oxygen atoms in total. The predicted molar refractivity (Wildman–Crippen MR) is 101 cm³/mol. The van der Waals surface area contributed by atoms with E-state index in [9.17, 15) is 4.79 Å². The van der Waals surface area contributed by atoms with Crippen LogP contribution in [0.4, 0.5) is 5.82 Å². The number of carbonyl (C=O) groups is 1. The molecule has 4 rings (SSSR count). The van der Waals surface area contributed by atoms with Gasteiger partial charge in [-0.25, -0.2) is 4.68 Å². The van der Waals surface area contributed by atoms with E-state index in [1.54, 1.807) is 48.0 Å². The first-order valence-corrected chi connectivity index (χ1v) is 9.25. The van der Waals surface area contributed by atoms with Crippen molar-refractivity contribution in [2.24, 2.45) is 0 Å². The molecule has 0 saturated heterocycles. The molecule has 0 bridgehead atoms. The smallest absolute Gasteiger partial charge is 0.249 e. The Morgan fingerprint density at radius 3 is 2.88 bits per heavy atom. The van der Waals surface area contributed by atoms with Crippen molar-refractivity contribution >= 4 is 29.6 Å². The normalized spacial score (nSPS) is 13.1. The van der Waals surface area contributed by atoms with Gasteiger partial charge in [0.15, 0.2) is 0 Å². The van der Waals surface area contributed by atoms with E-state index in [0.717, 1.165) is 34.2 Å². The van der Waals surface area contributed by atoms with Crippen LogP contribution in [-0.4, -0.2) is 22.8 Å². The highest BCUT2D eigenvalue weighted by molar-refractivity contribution is 7.98. The number of nitrogens with one attached hydrogen (secondary N) is 1. The molecule has 3 aromatic rings. The Morgan fingerprint density at radius 1 is 1.31 bits per heavy atom. The van der Waals surface area contributed by atoms with E-state index in [4.69, 9.17) is 9.15 Å². The van der Waals surface area contributed by atoms with Crippen molar-refractivity contribution in [2.75, 3.05) is 12.4 Å². The van der Waals surface area contributed by atoms with E-state index in [1.165, 1.54) is 6.08 Å². The van der Waals surface area contributed by atoms with E-state index >= 15 is 0 Å². The van der Waals surface area contributed by atoms with E-state index in [0.29, 0.717) is 11.6 Å². The summed E-state index contributed by atoms with van der Waals surface area (Å²) in [6, 6.07) is 11.2. The van der Waals surface area contributed by atoms with Crippen LogP contribution in [0.15, 0.2) is 53.2 Å². The fourth-order valence-corrected chi connectivity index (χ4v) is 3.79. The number of hydrogen-bond acceptors (Lipinski definition) is 5. The second kappa shape index (κ2) is 7.13. The number of benzene rings is 1. The third kappa shape index (κ3) is 3.25. The van der Waals surface area contributed by atoms with Gasteiger partial charge in [0.25, 0.3) is 0 Å². The molecule has 2 aromatic heterocycles. The molecule has 1 aliphatic heterocycles. The summed E-state index contributed by atoms with van der Waals surface area (Å²) in [5, 5.41) is 7.65. The highest BCUT2D eigenvalue weighted by atomic mass is 32.2. The molecule has 0 saturated carbocycles. The van der Waals surface area contributed by atoms with Gasteiger partial charge in [0.1, 0.15) is 17.3 Å². The van der Waals surface area contributed by atoms with Crippen molar-refractivity contribution in [1.82, 2.24) is 9.78 Å². The van der Waals surface area contributed by atoms with Gasteiger partial charge in [0.2, 0.25) is 5.91 Å². The van der Waals surface area contributed by atoms with Crippen molar-refractivity contribution in [3.8, 4) is 11.4 Å². The van der Waals surface area contributed by atoms with Gasteiger partial charge in [0, 0.05) is 23.1 Å². The van der Waals surface area contributed by atoms with E-state index in [1.807, 2.05) is 24.3 Å². The molecule has 26 heavy (non-hydrogen) atoms. The van der Waals surface area contributed by atoms with Gasteiger partial charge in [-0.2, -0.15) is 16.9 Å². The monoisotopic (exact) mass is 367 g/mol. The Morgan fingerprint density at radius 2 is 2.15 bits per heavy atom. The third-order valence-electron chi connectivity index (χ3n) is 4.05. The molecule has 3 heterocycles. The fraction of sp³-hybridized carbons (Fsp3) is 0.158. The average Bonchev–Trinajstić information content (AvgIpc) is 3.39. The number of ether oxygens (including phenoxy) is 1. The maximum absolute atomic E-state index is 12.4. The molecule has 0 fully saturated rings. The highest BCUT2D eigenvalue weighted by Crippen LogP contribution is 2.36. The van der Waals surface area contributed by atoms with Crippen molar-refractivity contribution in [2.45, 2.75) is 11.5 Å². The molecule has 0 radical (unpaired) electrons. The largest absolute Gasteiger partial charge is 0.497 e. The topological polar surface area (TPSA) is 69.3 Å². The van der Waals surface area contributed by atoms with Gasteiger partial charge in [0.05, 0.1) is 24.8 Å². The number of furan rings is 1. The molecule has 0 aliphatic carbocycles. The Balaban J connectivity index is 1.63. The summed E-state index contributed by atoms with van der Waals surface area (Å²) < 4.78 is 12.2. The minimum absolute atomic E-state index is 0.226. The minimum atomic E-state index is -0.226.